The number of anilines is 1. The predicted molar refractivity (Wildman–Crippen MR) is 85.9 cm³/mol. The lowest BCUT2D eigenvalue weighted by molar-refractivity contribution is 0.349. The second kappa shape index (κ2) is 5.19. The third-order valence-corrected chi connectivity index (χ3v) is 3.33. The van der Waals surface area contributed by atoms with Gasteiger partial charge in [-0.25, -0.2) is 19.0 Å². The minimum atomic E-state index is -0.371. The maximum atomic E-state index is 13.6. The van der Waals surface area contributed by atoms with Crippen LogP contribution in [-0.2, 0) is 5.54 Å². The molecular formula is C16H18FN5O. The van der Waals surface area contributed by atoms with E-state index in [1.807, 2.05) is 20.8 Å². The van der Waals surface area contributed by atoms with Gasteiger partial charge >= 0.3 is 0 Å². The number of halogens is 1. The molecule has 23 heavy (non-hydrogen) atoms. The molecule has 2 heterocycles. The highest BCUT2D eigenvalue weighted by molar-refractivity contribution is 5.91. The second-order valence-corrected chi connectivity index (χ2v) is 6.41. The average Bonchev–Trinajstić information content (AvgIpc) is 2.77. The average molecular weight is 315 g/mol. The van der Waals surface area contributed by atoms with Crippen molar-refractivity contribution in [2.75, 3.05) is 5.73 Å². The SMILES string of the molecule is Cc1cc(F)cc(Oc2nn(C(C)(C)C)c3ncnc(N)c23)c1. The summed E-state index contributed by atoms with van der Waals surface area (Å²) >= 11 is 0. The van der Waals surface area contributed by atoms with Gasteiger partial charge in [0.25, 0.3) is 5.88 Å². The Bertz CT molecular complexity index is 862. The van der Waals surface area contributed by atoms with Gasteiger partial charge in [0.2, 0.25) is 0 Å². The fourth-order valence-corrected chi connectivity index (χ4v) is 2.36. The Balaban J connectivity index is 2.17. The van der Waals surface area contributed by atoms with Crippen LogP contribution in [0, 0.1) is 12.7 Å². The molecule has 3 aromatic rings. The van der Waals surface area contributed by atoms with Crippen molar-refractivity contribution < 1.29 is 9.13 Å². The van der Waals surface area contributed by atoms with Crippen molar-refractivity contribution in [1.29, 1.82) is 0 Å². The van der Waals surface area contributed by atoms with E-state index < -0.39 is 0 Å². The summed E-state index contributed by atoms with van der Waals surface area (Å²) in [6.07, 6.45) is 1.39. The minimum absolute atomic E-state index is 0.262. The van der Waals surface area contributed by atoms with Crippen LogP contribution in [0.3, 0.4) is 0 Å². The zero-order valence-electron chi connectivity index (χ0n) is 13.5. The van der Waals surface area contributed by atoms with Crippen LogP contribution in [0.1, 0.15) is 26.3 Å². The maximum absolute atomic E-state index is 13.6. The highest BCUT2D eigenvalue weighted by Gasteiger charge is 2.24. The molecule has 7 heteroatoms. The Kier molecular flexibility index (Phi) is 3.43. The fraction of sp³-hybridized carbons (Fsp3) is 0.312. The lowest BCUT2D eigenvalue weighted by Gasteiger charge is -2.19. The third kappa shape index (κ3) is 2.81. The summed E-state index contributed by atoms with van der Waals surface area (Å²) in [5, 5.41) is 4.98. The molecule has 2 N–H and O–H groups in total. The zero-order valence-corrected chi connectivity index (χ0v) is 13.5. The predicted octanol–water partition coefficient (Wildman–Crippen LogP) is 3.40. The lowest BCUT2D eigenvalue weighted by atomic mass is 10.1. The van der Waals surface area contributed by atoms with E-state index in [0.717, 1.165) is 5.56 Å². The molecule has 0 aliphatic carbocycles. The molecule has 120 valence electrons. The number of benzene rings is 1. The number of nitrogens with two attached hydrogens (primary N) is 1. The van der Waals surface area contributed by atoms with Crippen LogP contribution in [0.2, 0.25) is 0 Å². The van der Waals surface area contributed by atoms with Gasteiger partial charge in [-0.05, 0) is 45.4 Å². The monoisotopic (exact) mass is 315 g/mol. The van der Waals surface area contributed by atoms with Gasteiger partial charge in [0.15, 0.2) is 5.65 Å². The number of hydrogen-bond acceptors (Lipinski definition) is 5. The van der Waals surface area contributed by atoms with Gasteiger partial charge in [-0.15, -0.1) is 5.10 Å². The van der Waals surface area contributed by atoms with Crippen molar-refractivity contribution in [2.45, 2.75) is 33.2 Å². The van der Waals surface area contributed by atoms with Crippen molar-refractivity contribution in [2.24, 2.45) is 0 Å². The molecule has 3 rings (SSSR count). The van der Waals surface area contributed by atoms with E-state index in [4.69, 9.17) is 10.5 Å². The molecule has 2 aromatic heterocycles. The molecule has 0 saturated heterocycles. The largest absolute Gasteiger partial charge is 0.437 e. The Labute approximate surface area is 133 Å². The van der Waals surface area contributed by atoms with Gasteiger partial charge in [-0.2, -0.15) is 0 Å². The second-order valence-electron chi connectivity index (χ2n) is 6.41. The summed E-state index contributed by atoms with van der Waals surface area (Å²) < 4.78 is 21.1. The molecule has 0 aliphatic heterocycles. The molecule has 0 fully saturated rings. The number of nitrogens with zero attached hydrogens (tertiary/aromatic N) is 4. The first kappa shape index (κ1) is 15.2. The Morgan fingerprint density at radius 1 is 1.17 bits per heavy atom. The molecule has 0 saturated carbocycles. The van der Waals surface area contributed by atoms with E-state index in [-0.39, 0.29) is 23.1 Å². The summed E-state index contributed by atoms with van der Waals surface area (Å²) in [5.41, 5.74) is 6.98. The Morgan fingerprint density at radius 3 is 2.57 bits per heavy atom. The summed E-state index contributed by atoms with van der Waals surface area (Å²) in [6, 6.07) is 4.45. The van der Waals surface area contributed by atoms with Gasteiger partial charge in [0.1, 0.15) is 29.1 Å². The number of aryl methyl sites for hydroxylation is 1. The molecule has 0 bridgehead atoms. The van der Waals surface area contributed by atoms with Crippen LogP contribution in [0.15, 0.2) is 24.5 Å². The van der Waals surface area contributed by atoms with Crippen molar-refractivity contribution >= 4 is 16.9 Å². The summed E-state index contributed by atoms with van der Waals surface area (Å²) in [5.74, 6) is 0.515. The highest BCUT2D eigenvalue weighted by Crippen LogP contribution is 2.34. The van der Waals surface area contributed by atoms with E-state index in [1.165, 1.54) is 18.5 Å². The van der Waals surface area contributed by atoms with E-state index >= 15 is 0 Å². The normalized spacial score (nSPS) is 11.9. The van der Waals surface area contributed by atoms with Crippen molar-refractivity contribution in [1.82, 2.24) is 19.7 Å². The first-order chi connectivity index (χ1) is 10.8. The van der Waals surface area contributed by atoms with E-state index in [0.29, 0.717) is 16.8 Å². The smallest absolute Gasteiger partial charge is 0.251 e. The molecule has 1 aromatic carbocycles. The lowest BCUT2D eigenvalue weighted by Crippen LogP contribution is -2.23. The molecule has 0 atom stereocenters. The van der Waals surface area contributed by atoms with E-state index in [1.54, 1.807) is 17.7 Å². The standard InChI is InChI=1S/C16H18FN5O/c1-9-5-10(17)7-11(6-9)23-15-12-13(18)19-8-20-14(12)22(21-15)16(2,3)4/h5-8H,1-4H3,(H2,18,19,20). The quantitative estimate of drug-likeness (QED) is 0.784. The number of fused-ring (bicyclic) bond motifs is 1. The Hall–Kier alpha value is -2.70. The third-order valence-electron chi connectivity index (χ3n) is 3.33. The summed E-state index contributed by atoms with van der Waals surface area (Å²) in [6.45, 7) is 7.77. The van der Waals surface area contributed by atoms with Gasteiger partial charge in [-0.1, -0.05) is 0 Å². The van der Waals surface area contributed by atoms with Gasteiger partial charge in [0.05, 0.1) is 5.54 Å². The van der Waals surface area contributed by atoms with Crippen LogP contribution in [-0.4, -0.2) is 19.7 Å². The number of nitrogen functional groups attached to an aromatic ring is 1. The molecule has 0 spiro atoms. The molecule has 6 nitrogen and oxygen atoms in total. The molecule has 0 radical (unpaired) electrons. The molecule has 0 unspecified atom stereocenters. The van der Waals surface area contributed by atoms with Crippen molar-refractivity contribution in [3.63, 3.8) is 0 Å². The first-order valence-electron chi connectivity index (χ1n) is 7.20. The number of hydrogen-bond donors (Lipinski definition) is 1. The minimum Gasteiger partial charge on any atom is -0.437 e. The van der Waals surface area contributed by atoms with Crippen molar-refractivity contribution in [3.8, 4) is 11.6 Å². The number of aromatic nitrogens is 4. The van der Waals surface area contributed by atoms with Crippen LogP contribution < -0.4 is 10.5 Å². The fourth-order valence-electron chi connectivity index (χ4n) is 2.36. The van der Waals surface area contributed by atoms with Crippen LogP contribution in [0.25, 0.3) is 11.0 Å². The van der Waals surface area contributed by atoms with Crippen molar-refractivity contribution in [3.05, 3.63) is 35.9 Å². The topological polar surface area (TPSA) is 78.8 Å². The van der Waals surface area contributed by atoms with E-state index in [9.17, 15) is 4.39 Å². The van der Waals surface area contributed by atoms with E-state index in [2.05, 4.69) is 15.1 Å². The summed E-state index contributed by atoms with van der Waals surface area (Å²) in [7, 11) is 0. The molecule has 0 amide bonds. The van der Waals surface area contributed by atoms with Crippen LogP contribution in [0.5, 0.6) is 11.6 Å². The van der Waals surface area contributed by atoms with Crippen LogP contribution in [0.4, 0.5) is 10.2 Å². The van der Waals surface area contributed by atoms with Crippen LogP contribution >= 0.6 is 0 Å². The molecule has 0 aliphatic rings. The highest BCUT2D eigenvalue weighted by atomic mass is 19.1. The number of ether oxygens (including phenoxy) is 1. The van der Waals surface area contributed by atoms with Gasteiger partial charge in [0, 0.05) is 6.07 Å². The maximum Gasteiger partial charge on any atom is 0.251 e. The zero-order chi connectivity index (χ0) is 16.8. The van der Waals surface area contributed by atoms with Gasteiger partial charge in [-0.3, -0.25) is 0 Å². The number of rotatable bonds is 2. The first-order valence-corrected chi connectivity index (χ1v) is 7.20. The van der Waals surface area contributed by atoms with Gasteiger partial charge < -0.3 is 10.5 Å². The Morgan fingerprint density at radius 2 is 1.91 bits per heavy atom. The molecular weight excluding hydrogens is 297 g/mol. The summed E-state index contributed by atoms with van der Waals surface area (Å²) in [4.78, 5) is 8.26.